The van der Waals surface area contributed by atoms with E-state index in [0.29, 0.717) is 36.2 Å². The number of halogens is 1. The van der Waals surface area contributed by atoms with Gasteiger partial charge in [0.15, 0.2) is 0 Å². The van der Waals surface area contributed by atoms with E-state index in [0.717, 1.165) is 24.1 Å². The van der Waals surface area contributed by atoms with Gasteiger partial charge in [-0.15, -0.1) is 0 Å². The Kier molecular flexibility index (Phi) is 4.48. The van der Waals surface area contributed by atoms with Crippen molar-refractivity contribution in [3.63, 3.8) is 0 Å². The van der Waals surface area contributed by atoms with E-state index in [1.165, 1.54) is 12.4 Å². The maximum Gasteiger partial charge on any atom is 0.222 e. The number of likely N-dealkylation sites (tertiary alicyclic amines) is 1. The number of anilines is 1. The molecule has 0 unspecified atom stereocenters. The summed E-state index contributed by atoms with van der Waals surface area (Å²) in [6.45, 7) is 2.04. The van der Waals surface area contributed by atoms with Crippen LogP contribution < -0.4 is 5.32 Å². The normalized spacial score (nSPS) is 14.2. The third-order valence-electron chi connectivity index (χ3n) is 4.61. The lowest BCUT2D eigenvalue weighted by atomic mass is 10.1. The molecule has 1 aliphatic heterocycles. The molecule has 1 saturated heterocycles. The summed E-state index contributed by atoms with van der Waals surface area (Å²) in [6.07, 6.45) is 2.96. The zero-order valence-corrected chi connectivity index (χ0v) is 14.3. The summed E-state index contributed by atoms with van der Waals surface area (Å²) in [5.74, 6) is 0.475. The molecular formula is C20H19FN4O. The fourth-order valence-electron chi connectivity index (χ4n) is 3.31. The van der Waals surface area contributed by atoms with Gasteiger partial charge in [0.1, 0.15) is 23.5 Å². The number of rotatable bonds is 5. The van der Waals surface area contributed by atoms with E-state index in [1.807, 2.05) is 23.1 Å². The number of amides is 1. The number of nitrogens with zero attached hydrogens (tertiary/aromatic N) is 3. The monoisotopic (exact) mass is 350 g/mol. The van der Waals surface area contributed by atoms with Gasteiger partial charge in [0, 0.05) is 31.4 Å². The molecule has 1 amide bonds. The van der Waals surface area contributed by atoms with Crippen LogP contribution in [-0.2, 0) is 17.9 Å². The Morgan fingerprint density at radius 3 is 2.81 bits per heavy atom. The molecule has 2 aromatic carbocycles. The molecule has 2 heterocycles. The van der Waals surface area contributed by atoms with Crippen molar-refractivity contribution >= 4 is 22.6 Å². The van der Waals surface area contributed by atoms with Crippen molar-refractivity contribution in [2.24, 2.45) is 0 Å². The summed E-state index contributed by atoms with van der Waals surface area (Å²) in [7, 11) is 0. The molecule has 0 radical (unpaired) electrons. The molecule has 0 saturated carbocycles. The van der Waals surface area contributed by atoms with Crippen LogP contribution in [0.1, 0.15) is 24.0 Å². The topological polar surface area (TPSA) is 58.1 Å². The predicted octanol–water partition coefficient (Wildman–Crippen LogP) is 3.50. The van der Waals surface area contributed by atoms with Gasteiger partial charge in [0.2, 0.25) is 5.91 Å². The summed E-state index contributed by atoms with van der Waals surface area (Å²) < 4.78 is 13.9. The predicted molar refractivity (Wildman–Crippen MR) is 97.9 cm³/mol. The summed E-state index contributed by atoms with van der Waals surface area (Å²) in [5, 5.41) is 3.92. The van der Waals surface area contributed by atoms with Gasteiger partial charge in [-0.1, -0.05) is 30.3 Å². The number of carbonyl (C=O) groups excluding carboxylic acids is 1. The molecule has 4 rings (SSSR count). The third kappa shape index (κ3) is 3.35. The van der Waals surface area contributed by atoms with Crippen LogP contribution in [0.25, 0.3) is 10.9 Å². The molecule has 0 spiro atoms. The fraction of sp³-hybridized carbons (Fsp3) is 0.250. The summed E-state index contributed by atoms with van der Waals surface area (Å²) >= 11 is 0. The van der Waals surface area contributed by atoms with E-state index in [2.05, 4.69) is 21.4 Å². The first kappa shape index (κ1) is 16.4. The molecule has 132 valence electrons. The van der Waals surface area contributed by atoms with Gasteiger partial charge < -0.3 is 10.2 Å². The highest BCUT2D eigenvalue weighted by atomic mass is 19.1. The first-order valence-corrected chi connectivity index (χ1v) is 8.69. The fourth-order valence-corrected chi connectivity index (χ4v) is 3.31. The van der Waals surface area contributed by atoms with Gasteiger partial charge in [-0.2, -0.15) is 0 Å². The van der Waals surface area contributed by atoms with Gasteiger partial charge in [-0.05, 0) is 29.7 Å². The molecular weight excluding hydrogens is 331 g/mol. The number of hydrogen-bond donors (Lipinski definition) is 1. The largest absolute Gasteiger partial charge is 0.365 e. The van der Waals surface area contributed by atoms with Crippen molar-refractivity contribution in [1.82, 2.24) is 14.9 Å². The van der Waals surface area contributed by atoms with Crippen LogP contribution in [-0.4, -0.2) is 27.3 Å². The minimum absolute atomic E-state index is 0.225. The molecule has 0 bridgehead atoms. The number of fused-ring (bicyclic) bond motifs is 1. The number of benzene rings is 2. The molecule has 3 aromatic rings. The van der Waals surface area contributed by atoms with Gasteiger partial charge in [-0.3, -0.25) is 4.79 Å². The maximum atomic E-state index is 13.9. The first-order chi connectivity index (χ1) is 12.7. The molecule has 1 aromatic heterocycles. The standard InChI is InChI=1S/C20H19FN4O/c21-17-7-2-6-16-19(17)23-13-24-20(16)22-11-14-4-1-5-15(10-14)12-25-9-3-8-18(25)26/h1-2,4-7,10,13H,3,8-9,11-12H2,(H,22,23,24). The van der Waals surface area contributed by atoms with Gasteiger partial charge in [0.05, 0.1) is 0 Å². The molecule has 1 aliphatic rings. The van der Waals surface area contributed by atoms with Crippen molar-refractivity contribution in [3.05, 3.63) is 65.7 Å². The second-order valence-corrected chi connectivity index (χ2v) is 6.45. The van der Waals surface area contributed by atoms with Crippen molar-refractivity contribution in [2.75, 3.05) is 11.9 Å². The molecule has 26 heavy (non-hydrogen) atoms. The van der Waals surface area contributed by atoms with E-state index in [4.69, 9.17) is 0 Å². The van der Waals surface area contributed by atoms with E-state index < -0.39 is 0 Å². The Hall–Kier alpha value is -3.02. The SMILES string of the molecule is O=C1CCCN1Cc1cccc(CNc2ncnc3c(F)cccc23)c1. The molecule has 1 N–H and O–H groups in total. The van der Waals surface area contributed by atoms with Crippen LogP contribution in [0.4, 0.5) is 10.2 Å². The zero-order valence-electron chi connectivity index (χ0n) is 14.3. The zero-order chi connectivity index (χ0) is 17.9. The third-order valence-corrected chi connectivity index (χ3v) is 4.61. The van der Waals surface area contributed by atoms with E-state index in [-0.39, 0.29) is 11.7 Å². The average Bonchev–Trinajstić information content (AvgIpc) is 3.05. The highest BCUT2D eigenvalue weighted by Gasteiger charge is 2.19. The Balaban J connectivity index is 1.49. The number of hydrogen-bond acceptors (Lipinski definition) is 4. The summed E-state index contributed by atoms with van der Waals surface area (Å²) in [4.78, 5) is 21.9. The maximum absolute atomic E-state index is 13.9. The van der Waals surface area contributed by atoms with Crippen molar-refractivity contribution in [1.29, 1.82) is 0 Å². The Bertz CT molecular complexity index is 959. The summed E-state index contributed by atoms with van der Waals surface area (Å²) in [5.41, 5.74) is 2.50. The van der Waals surface area contributed by atoms with E-state index in [9.17, 15) is 9.18 Å². The highest BCUT2D eigenvalue weighted by Crippen LogP contribution is 2.22. The first-order valence-electron chi connectivity index (χ1n) is 8.69. The number of para-hydroxylation sites is 1. The van der Waals surface area contributed by atoms with Crippen LogP contribution in [0.5, 0.6) is 0 Å². The Morgan fingerprint density at radius 2 is 1.96 bits per heavy atom. The van der Waals surface area contributed by atoms with E-state index >= 15 is 0 Å². The lowest BCUT2D eigenvalue weighted by Gasteiger charge is -2.16. The van der Waals surface area contributed by atoms with Crippen LogP contribution in [0.2, 0.25) is 0 Å². The molecule has 0 atom stereocenters. The molecule has 0 aliphatic carbocycles. The van der Waals surface area contributed by atoms with Crippen LogP contribution in [0, 0.1) is 5.82 Å². The van der Waals surface area contributed by atoms with Gasteiger partial charge in [0.25, 0.3) is 0 Å². The minimum Gasteiger partial charge on any atom is -0.365 e. The number of aromatic nitrogens is 2. The molecule has 5 nitrogen and oxygen atoms in total. The summed E-state index contributed by atoms with van der Waals surface area (Å²) in [6, 6.07) is 13.0. The molecule has 6 heteroatoms. The second kappa shape index (κ2) is 7.07. The lowest BCUT2D eigenvalue weighted by Crippen LogP contribution is -2.23. The quantitative estimate of drug-likeness (QED) is 0.765. The Labute approximate surface area is 150 Å². The van der Waals surface area contributed by atoms with E-state index in [1.54, 1.807) is 12.1 Å². The highest BCUT2D eigenvalue weighted by molar-refractivity contribution is 5.89. The molecule has 1 fully saturated rings. The second-order valence-electron chi connectivity index (χ2n) is 6.45. The van der Waals surface area contributed by atoms with Crippen molar-refractivity contribution < 1.29 is 9.18 Å². The number of nitrogens with one attached hydrogen (secondary N) is 1. The van der Waals surface area contributed by atoms with Crippen LogP contribution in [0.3, 0.4) is 0 Å². The average molecular weight is 350 g/mol. The van der Waals surface area contributed by atoms with Gasteiger partial charge in [-0.25, -0.2) is 14.4 Å². The Morgan fingerprint density at radius 1 is 1.12 bits per heavy atom. The number of carbonyl (C=O) groups is 1. The van der Waals surface area contributed by atoms with Crippen molar-refractivity contribution in [2.45, 2.75) is 25.9 Å². The smallest absolute Gasteiger partial charge is 0.222 e. The van der Waals surface area contributed by atoms with Crippen LogP contribution in [0.15, 0.2) is 48.8 Å². The minimum atomic E-state index is -0.356. The van der Waals surface area contributed by atoms with Crippen LogP contribution >= 0.6 is 0 Å². The van der Waals surface area contributed by atoms with Crippen molar-refractivity contribution in [3.8, 4) is 0 Å². The van der Waals surface area contributed by atoms with Gasteiger partial charge >= 0.3 is 0 Å². The lowest BCUT2D eigenvalue weighted by molar-refractivity contribution is -0.128.